The lowest BCUT2D eigenvalue weighted by Gasteiger charge is -2.32. The molecule has 1 aliphatic carbocycles. The van der Waals surface area contributed by atoms with Gasteiger partial charge >= 0.3 is 7.12 Å². The molecule has 2 fully saturated rings. The van der Waals surface area contributed by atoms with Crippen molar-refractivity contribution in [3.05, 3.63) is 23.8 Å². The minimum Gasteiger partial charge on any atom is -0.490 e. The Morgan fingerprint density at radius 2 is 1.68 bits per heavy atom. The van der Waals surface area contributed by atoms with Gasteiger partial charge in [0.25, 0.3) is 0 Å². The van der Waals surface area contributed by atoms with Gasteiger partial charge in [-0.05, 0) is 69.6 Å². The van der Waals surface area contributed by atoms with E-state index >= 15 is 0 Å². The average molecular weight is 302 g/mol. The van der Waals surface area contributed by atoms with Crippen molar-refractivity contribution in [3.63, 3.8) is 0 Å². The molecule has 1 aromatic rings. The smallest absolute Gasteiger partial charge is 0.490 e. The number of rotatable bonds is 4. The van der Waals surface area contributed by atoms with Crippen molar-refractivity contribution in [1.29, 1.82) is 0 Å². The Morgan fingerprint density at radius 3 is 2.18 bits per heavy atom. The fourth-order valence-electron chi connectivity index (χ4n) is 2.69. The van der Waals surface area contributed by atoms with Crippen LogP contribution in [0.25, 0.3) is 0 Å². The second-order valence-electron chi connectivity index (χ2n) is 7.85. The Bertz CT molecular complexity index is 545. The van der Waals surface area contributed by atoms with Crippen LogP contribution in [0.1, 0.15) is 65.9 Å². The standard InChI is InChI=1S/C18H27BO3/c1-12(2)15-11-14(20-13-7-8-13)9-10-16(15)19-21-17(3,4)18(5,6)22-19/h9-13H,7-8H2,1-6H3. The molecule has 1 saturated carbocycles. The van der Waals surface area contributed by atoms with Crippen LogP contribution in [0, 0.1) is 0 Å². The van der Waals surface area contributed by atoms with Crippen molar-refractivity contribution in [1.82, 2.24) is 0 Å². The first-order valence-corrected chi connectivity index (χ1v) is 8.36. The molecule has 1 aliphatic heterocycles. The molecule has 22 heavy (non-hydrogen) atoms. The Balaban J connectivity index is 1.90. The summed E-state index contributed by atoms with van der Waals surface area (Å²) in [5.41, 5.74) is 1.75. The molecule has 3 nitrogen and oxygen atoms in total. The maximum Gasteiger partial charge on any atom is 0.495 e. The molecule has 0 radical (unpaired) electrons. The molecule has 1 saturated heterocycles. The van der Waals surface area contributed by atoms with E-state index in [9.17, 15) is 0 Å². The molecule has 120 valence electrons. The summed E-state index contributed by atoms with van der Waals surface area (Å²) >= 11 is 0. The van der Waals surface area contributed by atoms with Crippen LogP contribution in [0.3, 0.4) is 0 Å². The molecule has 0 aromatic heterocycles. The molecule has 0 atom stereocenters. The molecule has 4 heteroatoms. The third kappa shape index (κ3) is 2.91. The molecule has 2 aliphatic rings. The van der Waals surface area contributed by atoms with Crippen LogP contribution in [-0.2, 0) is 9.31 Å². The van der Waals surface area contributed by atoms with Crippen LogP contribution in [0.15, 0.2) is 18.2 Å². The second-order valence-corrected chi connectivity index (χ2v) is 7.85. The van der Waals surface area contributed by atoms with E-state index in [1.807, 2.05) is 6.07 Å². The summed E-state index contributed by atoms with van der Waals surface area (Å²) in [4.78, 5) is 0. The Morgan fingerprint density at radius 1 is 1.09 bits per heavy atom. The first kappa shape index (κ1) is 15.9. The highest BCUT2D eigenvalue weighted by molar-refractivity contribution is 6.62. The van der Waals surface area contributed by atoms with Crippen molar-refractivity contribution in [3.8, 4) is 5.75 Å². The minimum absolute atomic E-state index is 0.308. The van der Waals surface area contributed by atoms with Gasteiger partial charge in [0.05, 0.1) is 17.3 Å². The van der Waals surface area contributed by atoms with Crippen LogP contribution in [0.5, 0.6) is 5.75 Å². The molecular formula is C18H27BO3. The molecule has 3 rings (SSSR count). The summed E-state index contributed by atoms with van der Waals surface area (Å²) in [7, 11) is -0.308. The number of benzene rings is 1. The first-order chi connectivity index (χ1) is 10.2. The topological polar surface area (TPSA) is 27.7 Å². The fourth-order valence-corrected chi connectivity index (χ4v) is 2.69. The zero-order valence-electron chi connectivity index (χ0n) is 14.6. The van der Waals surface area contributed by atoms with Crippen molar-refractivity contribution in [2.75, 3.05) is 0 Å². The van der Waals surface area contributed by atoms with Crippen molar-refractivity contribution in [2.24, 2.45) is 0 Å². The molecular weight excluding hydrogens is 275 g/mol. The largest absolute Gasteiger partial charge is 0.495 e. The Hall–Kier alpha value is -0.995. The molecule has 1 aromatic carbocycles. The number of hydrogen-bond acceptors (Lipinski definition) is 3. The molecule has 0 N–H and O–H groups in total. The summed E-state index contributed by atoms with van der Waals surface area (Å²) in [5.74, 6) is 1.36. The van der Waals surface area contributed by atoms with E-state index in [2.05, 4.69) is 53.7 Å². The molecule has 0 amide bonds. The van der Waals surface area contributed by atoms with Gasteiger partial charge in [0.15, 0.2) is 0 Å². The quantitative estimate of drug-likeness (QED) is 0.795. The predicted molar refractivity (Wildman–Crippen MR) is 89.9 cm³/mol. The third-order valence-electron chi connectivity index (χ3n) is 5.01. The van der Waals surface area contributed by atoms with Gasteiger partial charge in [-0.1, -0.05) is 19.9 Å². The Labute approximate surface area is 134 Å². The van der Waals surface area contributed by atoms with Crippen molar-refractivity contribution in [2.45, 2.75) is 77.6 Å². The zero-order valence-corrected chi connectivity index (χ0v) is 14.6. The Kier molecular flexibility index (Phi) is 3.81. The molecule has 0 bridgehead atoms. The first-order valence-electron chi connectivity index (χ1n) is 8.36. The van der Waals surface area contributed by atoms with Crippen LogP contribution < -0.4 is 10.2 Å². The minimum atomic E-state index is -0.310. The monoisotopic (exact) mass is 302 g/mol. The lowest BCUT2D eigenvalue weighted by Crippen LogP contribution is -2.41. The van der Waals surface area contributed by atoms with Gasteiger partial charge < -0.3 is 14.0 Å². The van der Waals surface area contributed by atoms with E-state index in [0.29, 0.717) is 12.0 Å². The van der Waals surface area contributed by atoms with Gasteiger partial charge in [0.1, 0.15) is 5.75 Å². The SMILES string of the molecule is CC(C)c1cc(OC2CC2)ccc1B1OC(C)(C)C(C)(C)O1. The van der Waals surface area contributed by atoms with Gasteiger partial charge in [-0.15, -0.1) is 0 Å². The van der Waals surface area contributed by atoms with Gasteiger partial charge in [-0.3, -0.25) is 0 Å². The number of ether oxygens (including phenoxy) is 1. The molecule has 1 heterocycles. The van der Waals surface area contributed by atoms with Gasteiger partial charge in [0.2, 0.25) is 0 Å². The van der Waals surface area contributed by atoms with Gasteiger partial charge in [-0.2, -0.15) is 0 Å². The normalized spacial score (nSPS) is 23.1. The van der Waals surface area contributed by atoms with Crippen LogP contribution in [-0.4, -0.2) is 24.4 Å². The number of hydrogen-bond donors (Lipinski definition) is 0. The van der Waals surface area contributed by atoms with E-state index in [0.717, 1.165) is 11.2 Å². The van der Waals surface area contributed by atoms with E-state index < -0.39 is 0 Å². The third-order valence-corrected chi connectivity index (χ3v) is 5.01. The van der Waals surface area contributed by atoms with E-state index in [1.54, 1.807) is 0 Å². The molecule has 0 spiro atoms. The lowest BCUT2D eigenvalue weighted by atomic mass is 9.73. The summed E-state index contributed by atoms with van der Waals surface area (Å²) in [6, 6.07) is 6.31. The highest BCUT2D eigenvalue weighted by atomic mass is 16.7. The van der Waals surface area contributed by atoms with E-state index in [-0.39, 0.29) is 18.3 Å². The summed E-state index contributed by atoms with van der Waals surface area (Å²) in [6.45, 7) is 12.8. The highest BCUT2D eigenvalue weighted by Crippen LogP contribution is 2.37. The van der Waals surface area contributed by atoms with Crippen molar-refractivity contribution < 1.29 is 14.0 Å². The highest BCUT2D eigenvalue weighted by Gasteiger charge is 2.52. The maximum atomic E-state index is 6.21. The summed E-state index contributed by atoms with van der Waals surface area (Å²) in [6.07, 6.45) is 2.77. The zero-order chi connectivity index (χ0) is 16.1. The lowest BCUT2D eigenvalue weighted by molar-refractivity contribution is 0.00578. The van der Waals surface area contributed by atoms with Crippen LogP contribution in [0.4, 0.5) is 0 Å². The van der Waals surface area contributed by atoms with Gasteiger partial charge in [-0.25, -0.2) is 0 Å². The maximum absolute atomic E-state index is 6.21. The van der Waals surface area contributed by atoms with E-state index in [4.69, 9.17) is 14.0 Å². The average Bonchev–Trinajstić information content (AvgIpc) is 3.17. The van der Waals surface area contributed by atoms with Crippen LogP contribution in [0.2, 0.25) is 0 Å². The summed E-state index contributed by atoms with van der Waals surface area (Å²) < 4.78 is 18.4. The second kappa shape index (κ2) is 5.28. The predicted octanol–water partition coefficient (Wildman–Crippen LogP) is 3.65. The van der Waals surface area contributed by atoms with Gasteiger partial charge in [0, 0.05) is 0 Å². The molecule has 0 unspecified atom stereocenters. The fraction of sp³-hybridized carbons (Fsp3) is 0.667. The van der Waals surface area contributed by atoms with Crippen LogP contribution >= 0.6 is 0 Å². The van der Waals surface area contributed by atoms with E-state index in [1.165, 1.54) is 18.4 Å². The van der Waals surface area contributed by atoms with Crippen molar-refractivity contribution >= 4 is 12.6 Å². The summed E-state index contributed by atoms with van der Waals surface area (Å²) in [5, 5.41) is 0.